The fourth-order valence-electron chi connectivity index (χ4n) is 4.50. The number of hydrogen-bond acceptors (Lipinski definition) is 5. The van der Waals surface area contributed by atoms with Crippen molar-refractivity contribution in [3.63, 3.8) is 0 Å². The minimum Gasteiger partial charge on any atom is -0.335 e. The Morgan fingerprint density at radius 2 is 1.89 bits per heavy atom. The predicted octanol–water partition coefficient (Wildman–Crippen LogP) is 3.36. The molecular formula is C20H25N5O2. The highest BCUT2D eigenvalue weighted by Gasteiger charge is 2.38. The van der Waals surface area contributed by atoms with Crippen molar-refractivity contribution in [2.45, 2.75) is 62.6 Å². The van der Waals surface area contributed by atoms with Crippen LogP contribution in [-0.2, 0) is 0 Å². The predicted molar refractivity (Wildman–Crippen MR) is 101 cm³/mol. The molecule has 3 heterocycles. The number of rotatable bonds is 4. The van der Waals surface area contributed by atoms with Gasteiger partial charge in [0.25, 0.3) is 5.89 Å². The molecule has 7 heteroatoms. The maximum absolute atomic E-state index is 12.6. The van der Waals surface area contributed by atoms with Gasteiger partial charge in [-0.05, 0) is 57.7 Å². The van der Waals surface area contributed by atoms with Crippen LogP contribution in [0.1, 0.15) is 50.3 Å². The van der Waals surface area contributed by atoms with E-state index in [1.54, 1.807) is 0 Å². The Morgan fingerprint density at radius 1 is 1.15 bits per heavy atom. The quantitative estimate of drug-likeness (QED) is 0.866. The van der Waals surface area contributed by atoms with Crippen LogP contribution in [0.4, 0.5) is 10.5 Å². The van der Waals surface area contributed by atoms with Crippen LogP contribution in [0.15, 0.2) is 28.8 Å². The van der Waals surface area contributed by atoms with Crippen LogP contribution >= 0.6 is 0 Å². The third-order valence-corrected chi connectivity index (χ3v) is 6.22. The van der Waals surface area contributed by atoms with Gasteiger partial charge in [-0.15, -0.1) is 0 Å². The maximum Gasteiger partial charge on any atom is 0.319 e. The molecule has 2 N–H and O–H groups in total. The number of carbonyl (C=O) groups is 1. The number of para-hydroxylation sites is 1. The van der Waals surface area contributed by atoms with E-state index in [-0.39, 0.29) is 12.1 Å². The number of carbonyl (C=O) groups excluding carboxylic acids is 1. The summed E-state index contributed by atoms with van der Waals surface area (Å²) < 4.78 is 5.43. The van der Waals surface area contributed by atoms with Crippen molar-refractivity contribution in [2.24, 2.45) is 0 Å². The van der Waals surface area contributed by atoms with E-state index in [2.05, 4.69) is 32.7 Å². The molecule has 27 heavy (non-hydrogen) atoms. The molecule has 142 valence electrons. The molecule has 5 rings (SSSR count). The second kappa shape index (κ2) is 6.64. The Bertz CT molecular complexity index is 832. The third kappa shape index (κ3) is 3.32. The summed E-state index contributed by atoms with van der Waals surface area (Å²) in [6.07, 6.45) is 6.78. The molecule has 2 amide bonds. The van der Waals surface area contributed by atoms with E-state index >= 15 is 0 Å². The van der Waals surface area contributed by atoms with E-state index in [4.69, 9.17) is 4.52 Å². The van der Waals surface area contributed by atoms with Gasteiger partial charge in [0.2, 0.25) is 0 Å². The average molecular weight is 367 g/mol. The average Bonchev–Trinajstić information content (AvgIpc) is 3.36. The highest BCUT2D eigenvalue weighted by atomic mass is 16.5. The minimum atomic E-state index is -0.168. The number of amides is 2. The van der Waals surface area contributed by atoms with Crippen molar-refractivity contribution in [1.29, 1.82) is 0 Å². The lowest BCUT2D eigenvalue weighted by molar-refractivity contribution is 0.151. The number of piperidine rings is 1. The second-order valence-corrected chi connectivity index (χ2v) is 8.09. The third-order valence-electron chi connectivity index (χ3n) is 6.22. The molecule has 2 aromatic rings. The van der Waals surface area contributed by atoms with Gasteiger partial charge in [0.1, 0.15) is 0 Å². The molecule has 3 fully saturated rings. The number of benzene rings is 1. The summed E-state index contributed by atoms with van der Waals surface area (Å²) in [5.41, 5.74) is 1.45. The van der Waals surface area contributed by atoms with E-state index in [1.807, 2.05) is 24.3 Å². The minimum absolute atomic E-state index is 0.168. The van der Waals surface area contributed by atoms with Crippen LogP contribution in [0.25, 0.3) is 11.5 Å². The van der Waals surface area contributed by atoms with Gasteiger partial charge in [0.15, 0.2) is 5.82 Å². The monoisotopic (exact) mass is 367 g/mol. The zero-order valence-electron chi connectivity index (χ0n) is 15.5. The van der Waals surface area contributed by atoms with Crippen molar-refractivity contribution in [2.75, 3.05) is 12.4 Å². The Labute approximate surface area is 158 Å². The van der Waals surface area contributed by atoms with Gasteiger partial charge in [0.05, 0.1) is 11.3 Å². The highest BCUT2D eigenvalue weighted by Crippen LogP contribution is 2.39. The molecule has 2 bridgehead atoms. The molecule has 3 aliphatic rings. The Hall–Kier alpha value is -2.41. The number of aromatic nitrogens is 2. The van der Waals surface area contributed by atoms with Gasteiger partial charge in [-0.3, -0.25) is 0 Å². The van der Waals surface area contributed by atoms with Crippen molar-refractivity contribution >= 4 is 11.7 Å². The molecule has 0 spiro atoms. The first-order chi connectivity index (χ1) is 13.2. The van der Waals surface area contributed by atoms with Crippen LogP contribution < -0.4 is 10.6 Å². The Morgan fingerprint density at radius 3 is 2.63 bits per heavy atom. The summed E-state index contributed by atoms with van der Waals surface area (Å²) in [7, 11) is 2.20. The molecule has 3 atom stereocenters. The lowest BCUT2D eigenvalue weighted by Gasteiger charge is -2.36. The smallest absolute Gasteiger partial charge is 0.319 e. The molecule has 0 radical (unpaired) electrons. The first-order valence-corrected chi connectivity index (χ1v) is 9.90. The molecule has 1 aromatic heterocycles. The second-order valence-electron chi connectivity index (χ2n) is 8.09. The van der Waals surface area contributed by atoms with Crippen LogP contribution in [0.5, 0.6) is 0 Å². The molecular weight excluding hydrogens is 342 g/mol. The first kappa shape index (κ1) is 16.7. The van der Waals surface area contributed by atoms with Crippen molar-refractivity contribution in [3.8, 4) is 11.5 Å². The van der Waals surface area contributed by atoms with Crippen LogP contribution in [0, 0.1) is 0 Å². The number of anilines is 1. The summed E-state index contributed by atoms with van der Waals surface area (Å²) in [5, 5.41) is 10.2. The molecule has 1 aliphatic carbocycles. The first-order valence-electron chi connectivity index (χ1n) is 9.90. The molecule has 2 saturated heterocycles. The van der Waals surface area contributed by atoms with Gasteiger partial charge in [-0.25, -0.2) is 4.79 Å². The molecule has 2 aliphatic heterocycles. The standard InChI is InChI=1S/C20H25N5O2/c1-25-14-8-9-15(25)11-13(10-14)21-20(26)22-17-5-3-2-4-16(17)19-23-18(24-27-19)12-6-7-12/h2-5,12-15H,6-11H2,1H3,(H2,21,22,26)/t13-,14+,15-. The summed E-state index contributed by atoms with van der Waals surface area (Å²) >= 11 is 0. The van der Waals surface area contributed by atoms with E-state index in [0.29, 0.717) is 29.6 Å². The van der Waals surface area contributed by atoms with Crippen molar-refractivity contribution < 1.29 is 9.32 Å². The number of fused-ring (bicyclic) bond motifs is 2. The number of hydrogen-bond donors (Lipinski definition) is 2. The van der Waals surface area contributed by atoms with Crippen LogP contribution in [-0.4, -0.2) is 46.2 Å². The van der Waals surface area contributed by atoms with Crippen LogP contribution in [0.2, 0.25) is 0 Å². The number of urea groups is 1. The van der Waals surface area contributed by atoms with Gasteiger partial charge < -0.3 is 20.1 Å². The SMILES string of the molecule is CN1[C@@H]2CC[C@H]1C[C@@H](NC(=O)Nc1ccccc1-c1nc(C3CC3)no1)C2. The molecule has 1 saturated carbocycles. The zero-order valence-corrected chi connectivity index (χ0v) is 15.5. The molecule has 1 aromatic carbocycles. The van der Waals surface area contributed by atoms with Crippen molar-refractivity contribution in [3.05, 3.63) is 30.1 Å². The Kier molecular flexibility index (Phi) is 4.11. The lowest BCUT2D eigenvalue weighted by atomic mass is 9.98. The van der Waals surface area contributed by atoms with Gasteiger partial charge in [-0.1, -0.05) is 17.3 Å². The van der Waals surface area contributed by atoms with Crippen LogP contribution in [0.3, 0.4) is 0 Å². The topological polar surface area (TPSA) is 83.3 Å². The summed E-state index contributed by atoms with van der Waals surface area (Å²) in [4.78, 5) is 19.6. The largest absolute Gasteiger partial charge is 0.335 e. The zero-order chi connectivity index (χ0) is 18.4. The van der Waals surface area contributed by atoms with E-state index in [0.717, 1.165) is 37.1 Å². The Balaban J connectivity index is 1.27. The fourth-order valence-corrected chi connectivity index (χ4v) is 4.50. The lowest BCUT2D eigenvalue weighted by Crippen LogP contribution is -2.49. The van der Waals surface area contributed by atoms with E-state index in [9.17, 15) is 4.79 Å². The highest BCUT2D eigenvalue weighted by molar-refractivity contribution is 5.93. The van der Waals surface area contributed by atoms with E-state index in [1.165, 1.54) is 12.8 Å². The van der Waals surface area contributed by atoms with Crippen molar-refractivity contribution in [1.82, 2.24) is 20.4 Å². The van der Waals surface area contributed by atoms with Gasteiger partial charge in [-0.2, -0.15) is 4.98 Å². The van der Waals surface area contributed by atoms with Gasteiger partial charge in [0, 0.05) is 24.0 Å². The fraction of sp³-hybridized carbons (Fsp3) is 0.550. The molecule has 7 nitrogen and oxygen atoms in total. The summed E-state index contributed by atoms with van der Waals surface area (Å²) in [5.74, 6) is 1.67. The number of nitrogens with one attached hydrogen (secondary N) is 2. The van der Waals surface area contributed by atoms with E-state index < -0.39 is 0 Å². The molecule has 0 unspecified atom stereocenters. The summed E-state index contributed by atoms with van der Waals surface area (Å²) in [6, 6.07) is 8.83. The normalized spacial score (nSPS) is 27.5. The summed E-state index contributed by atoms with van der Waals surface area (Å²) in [6.45, 7) is 0. The number of nitrogens with zero attached hydrogens (tertiary/aromatic N) is 3. The maximum atomic E-state index is 12.6. The van der Waals surface area contributed by atoms with Gasteiger partial charge >= 0.3 is 6.03 Å².